The third-order valence-corrected chi connectivity index (χ3v) is 5.15. The SMILES string of the molecule is O=C(CCn1cnc2c(cnn2-c2ccc(F)cc2)c1=O)N1CCCCCC1. The fourth-order valence-corrected chi connectivity index (χ4v) is 3.57. The van der Waals surface area contributed by atoms with Crippen molar-refractivity contribution >= 4 is 16.9 Å². The molecule has 0 radical (unpaired) electrons. The smallest absolute Gasteiger partial charge is 0.264 e. The highest BCUT2D eigenvalue weighted by atomic mass is 19.1. The monoisotopic (exact) mass is 383 g/mol. The van der Waals surface area contributed by atoms with Gasteiger partial charge in [-0.3, -0.25) is 14.2 Å². The molecule has 1 saturated heterocycles. The van der Waals surface area contributed by atoms with Gasteiger partial charge >= 0.3 is 0 Å². The molecular formula is C20H22FN5O2. The lowest BCUT2D eigenvalue weighted by atomic mass is 10.2. The van der Waals surface area contributed by atoms with Gasteiger partial charge in [0.15, 0.2) is 5.65 Å². The fourth-order valence-electron chi connectivity index (χ4n) is 3.57. The molecule has 2 aromatic heterocycles. The minimum absolute atomic E-state index is 0.0795. The van der Waals surface area contributed by atoms with Gasteiger partial charge in [0.2, 0.25) is 5.91 Å². The first-order valence-corrected chi connectivity index (χ1v) is 9.60. The molecule has 0 unspecified atom stereocenters. The summed E-state index contributed by atoms with van der Waals surface area (Å²) in [6.07, 6.45) is 7.61. The molecule has 4 rings (SSSR count). The van der Waals surface area contributed by atoms with Gasteiger partial charge in [0.25, 0.3) is 5.56 Å². The molecule has 1 amide bonds. The number of hydrogen-bond donors (Lipinski definition) is 0. The van der Waals surface area contributed by atoms with E-state index in [0.717, 1.165) is 25.9 Å². The first-order chi connectivity index (χ1) is 13.6. The molecule has 1 fully saturated rings. The van der Waals surface area contributed by atoms with Crippen molar-refractivity contribution in [2.45, 2.75) is 38.6 Å². The Labute approximate surface area is 161 Å². The van der Waals surface area contributed by atoms with Crippen LogP contribution in [0.3, 0.4) is 0 Å². The zero-order valence-corrected chi connectivity index (χ0v) is 15.6. The van der Waals surface area contributed by atoms with Crippen molar-refractivity contribution in [3.8, 4) is 5.69 Å². The van der Waals surface area contributed by atoms with Crippen molar-refractivity contribution in [2.75, 3.05) is 13.1 Å². The summed E-state index contributed by atoms with van der Waals surface area (Å²) in [5.41, 5.74) is 0.797. The highest BCUT2D eigenvalue weighted by Gasteiger charge is 2.16. The lowest BCUT2D eigenvalue weighted by Gasteiger charge is -2.20. The van der Waals surface area contributed by atoms with Crippen molar-refractivity contribution in [3.05, 3.63) is 53.0 Å². The topological polar surface area (TPSA) is 73.0 Å². The fraction of sp³-hybridized carbons (Fsp3) is 0.400. The molecular weight excluding hydrogens is 361 g/mol. The second-order valence-corrected chi connectivity index (χ2v) is 7.06. The van der Waals surface area contributed by atoms with Crippen LogP contribution in [0.15, 0.2) is 41.6 Å². The summed E-state index contributed by atoms with van der Waals surface area (Å²) in [6, 6.07) is 5.82. The summed E-state index contributed by atoms with van der Waals surface area (Å²) in [5, 5.41) is 4.59. The van der Waals surface area contributed by atoms with Crippen LogP contribution < -0.4 is 5.56 Å². The largest absolute Gasteiger partial charge is 0.343 e. The quantitative estimate of drug-likeness (QED) is 0.694. The third kappa shape index (κ3) is 3.67. The molecule has 7 nitrogen and oxygen atoms in total. The number of amides is 1. The highest BCUT2D eigenvalue weighted by Crippen LogP contribution is 2.14. The number of rotatable bonds is 4. The first kappa shape index (κ1) is 18.3. The molecule has 0 bridgehead atoms. The van der Waals surface area contributed by atoms with E-state index in [0.29, 0.717) is 23.3 Å². The second kappa shape index (κ2) is 7.92. The maximum atomic E-state index is 13.1. The summed E-state index contributed by atoms with van der Waals surface area (Å²) in [7, 11) is 0. The van der Waals surface area contributed by atoms with Crippen LogP contribution >= 0.6 is 0 Å². The zero-order chi connectivity index (χ0) is 19.5. The number of halogens is 1. The summed E-state index contributed by atoms with van der Waals surface area (Å²) >= 11 is 0. The maximum Gasteiger partial charge on any atom is 0.264 e. The van der Waals surface area contributed by atoms with Gasteiger partial charge in [-0.2, -0.15) is 5.10 Å². The van der Waals surface area contributed by atoms with Gasteiger partial charge in [-0.1, -0.05) is 12.8 Å². The molecule has 3 aromatic rings. The summed E-state index contributed by atoms with van der Waals surface area (Å²) in [4.78, 5) is 31.5. The molecule has 0 spiro atoms. The van der Waals surface area contributed by atoms with Gasteiger partial charge in [0.05, 0.1) is 18.2 Å². The van der Waals surface area contributed by atoms with Crippen LogP contribution in [0, 0.1) is 5.82 Å². The van der Waals surface area contributed by atoms with E-state index in [-0.39, 0.29) is 23.7 Å². The molecule has 28 heavy (non-hydrogen) atoms. The van der Waals surface area contributed by atoms with Gasteiger partial charge in [-0.25, -0.2) is 14.1 Å². The number of aromatic nitrogens is 4. The molecule has 8 heteroatoms. The molecule has 1 aromatic carbocycles. The Balaban J connectivity index is 1.53. The third-order valence-electron chi connectivity index (χ3n) is 5.15. The van der Waals surface area contributed by atoms with E-state index in [1.807, 2.05) is 4.90 Å². The number of carbonyl (C=O) groups excluding carboxylic acids is 1. The van der Waals surface area contributed by atoms with Crippen LogP contribution in [0.4, 0.5) is 4.39 Å². The van der Waals surface area contributed by atoms with E-state index >= 15 is 0 Å². The Morgan fingerprint density at radius 1 is 1.07 bits per heavy atom. The summed E-state index contributed by atoms with van der Waals surface area (Å²) in [5.74, 6) is -0.263. The van der Waals surface area contributed by atoms with Gasteiger partial charge < -0.3 is 4.90 Å². The number of likely N-dealkylation sites (tertiary alicyclic amines) is 1. The van der Waals surface area contributed by atoms with Crippen LogP contribution in [-0.4, -0.2) is 43.2 Å². The Hall–Kier alpha value is -3.03. The molecule has 1 aliphatic heterocycles. The number of carbonyl (C=O) groups is 1. The Bertz CT molecular complexity index is 1030. The normalized spacial score (nSPS) is 15.0. The van der Waals surface area contributed by atoms with Gasteiger partial charge in [0.1, 0.15) is 11.2 Å². The molecule has 3 heterocycles. The average Bonchev–Trinajstić information content (AvgIpc) is 2.95. The Morgan fingerprint density at radius 3 is 2.50 bits per heavy atom. The first-order valence-electron chi connectivity index (χ1n) is 9.60. The zero-order valence-electron chi connectivity index (χ0n) is 15.6. The maximum absolute atomic E-state index is 13.1. The number of benzene rings is 1. The van der Waals surface area contributed by atoms with Gasteiger partial charge in [0, 0.05) is 26.1 Å². The summed E-state index contributed by atoms with van der Waals surface area (Å²) < 4.78 is 16.1. The lowest BCUT2D eigenvalue weighted by Crippen LogP contribution is -2.33. The highest BCUT2D eigenvalue weighted by molar-refractivity contribution is 5.76. The van der Waals surface area contributed by atoms with Crippen molar-refractivity contribution in [1.29, 1.82) is 0 Å². The van der Waals surface area contributed by atoms with E-state index in [9.17, 15) is 14.0 Å². The van der Waals surface area contributed by atoms with Crippen LogP contribution in [0.1, 0.15) is 32.1 Å². The number of fused-ring (bicyclic) bond motifs is 1. The second-order valence-electron chi connectivity index (χ2n) is 7.06. The van der Waals surface area contributed by atoms with Crippen LogP contribution in [0.25, 0.3) is 16.7 Å². The van der Waals surface area contributed by atoms with Crippen molar-refractivity contribution in [1.82, 2.24) is 24.2 Å². The van der Waals surface area contributed by atoms with Crippen molar-refractivity contribution < 1.29 is 9.18 Å². The lowest BCUT2D eigenvalue weighted by molar-refractivity contribution is -0.131. The van der Waals surface area contributed by atoms with Crippen LogP contribution in [0.2, 0.25) is 0 Å². The predicted octanol–water partition coefficient (Wildman–Crippen LogP) is 2.51. The average molecular weight is 383 g/mol. The van der Waals surface area contributed by atoms with Crippen molar-refractivity contribution in [3.63, 3.8) is 0 Å². The predicted molar refractivity (Wildman–Crippen MR) is 103 cm³/mol. The Kier molecular flexibility index (Phi) is 5.18. The standard InChI is InChI=1S/C20H22FN5O2/c21-15-5-7-16(8-6-15)26-19-17(13-23-26)20(28)25(14-22-19)12-9-18(27)24-10-3-1-2-4-11-24/h5-8,13-14H,1-4,9-12H2. The van der Waals surface area contributed by atoms with E-state index in [4.69, 9.17) is 0 Å². The van der Waals surface area contributed by atoms with E-state index in [2.05, 4.69) is 10.1 Å². The van der Waals surface area contributed by atoms with Crippen LogP contribution in [0.5, 0.6) is 0 Å². The molecule has 1 aliphatic rings. The number of hydrogen-bond acceptors (Lipinski definition) is 4. The van der Waals surface area contributed by atoms with E-state index in [1.54, 1.807) is 12.1 Å². The molecule has 0 N–H and O–H groups in total. The minimum atomic E-state index is -0.343. The molecule has 0 saturated carbocycles. The van der Waals surface area contributed by atoms with E-state index < -0.39 is 0 Å². The van der Waals surface area contributed by atoms with Gasteiger partial charge in [-0.15, -0.1) is 0 Å². The molecule has 0 aliphatic carbocycles. The summed E-state index contributed by atoms with van der Waals surface area (Å²) in [6.45, 7) is 1.89. The number of aryl methyl sites for hydroxylation is 1. The van der Waals surface area contributed by atoms with E-state index in [1.165, 1.54) is 46.7 Å². The van der Waals surface area contributed by atoms with Crippen molar-refractivity contribution in [2.24, 2.45) is 0 Å². The van der Waals surface area contributed by atoms with Crippen LogP contribution in [-0.2, 0) is 11.3 Å². The Morgan fingerprint density at radius 2 is 1.79 bits per heavy atom. The minimum Gasteiger partial charge on any atom is -0.343 e. The van der Waals surface area contributed by atoms with Gasteiger partial charge in [-0.05, 0) is 37.1 Å². The molecule has 146 valence electrons. The molecule has 0 atom stereocenters. The number of nitrogens with zero attached hydrogens (tertiary/aromatic N) is 5.